The Morgan fingerprint density at radius 2 is 2.06 bits per heavy atom. The van der Waals surface area contributed by atoms with Crippen molar-refractivity contribution in [3.63, 3.8) is 0 Å². The number of aliphatic carboxylic acids is 1. The summed E-state index contributed by atoms with van der Waals surface area (Å²) in [4.78, 5) is 24.8. The molecule has 1 amide bonds. The van der Waals surface area contributed by atoms with Crippen molar-refractivity contribution in [3.8, 4) is 0 Å². The number of hydrogen-bond donors (Lipinski definition) is 1. The first-order valence-electron chi connectivity index (χ1n) is 5.99. The molecule has 1 heterocycles. The lowest BCUT2D eigenvalue weighted by Gasteiger charge is -2.36. The highest BCUT2D eigenvalue weighted by molar-refractivity contribution is 5.86. The molecule has 2 aliphatic rings. The lowest BCUT2D eigenvalue weighted by Crippen LogP contribution is -2.54. The first kappa shape index (κ1) is 12.2. The molecule has 2 bridgehead atoms. The van der Waals surface area contributed by atoms with Gasteiger partial charge in [-0.15, -0.1) is 0 Å². The van der Waals surface area contributed by atoms with E-state index in [-0.39, 0.29) is 0 Å². The van der Waals surface area contributed by atoms with Crippen molar-refractivity contribution in [3.05, 3.63) is 0 Å². The van der Waals surface area contributed by atoms with Crippen molar-refractivity contribution < 1.29 is 19.4 Å². The quantitative estimate of drug-likeness (QED) is 0.761. The summed E-state index contributed by atoms with van der Waals surface area (Å²) in [5, 5.41) is 9.36. The maximum absolute atomic E-state index is 12.0. The van der Waals surface area contributed by atoms with E-state index in [0.29, 0.717) is 25.3 Å². The fraction of sp³-hybridized carbons (Fsp3) is 0.833. The number of hydrogen-bond acceptors (Lipinski definition) is 3. The minimum Gasteiger partial charge on any atom is -0.479 e. The Labute approximate surface area is 101 Å². The molecular weight excluding hydrogens is 222 g/mol. The molecule has 1 saturated carbocycles. The van der Waals surface area contributed by atoms with E-state index in [0.717, 1.165) is 6.42 Å². The molecule has 2 atom stereocenters. The molecule has 1 aliphatic carbocycles. The van der Waals surface area contributed by atoms with Crippen LogP contribution in [0.2, 0.25) is 0 Å². The number of likely N-dealkylation sites (tertiary alicyclic amines) is 1. The second kappa shape index (κ2) is 3.62. The van der Waals surface area contributed by atoms with Gasteiger partial charge in [-0.1, -0.05) is 0 Å². The van der Waals surface area contributed by atoms with Crippen LogP contribution in [0, 0.1) is 5.92 Å². The Morgan fingerprint density at radius 3 is 2.53 bits per heavy atom. The van der Waals surface area contributed by atoms with Gasteiger partial charge in [0.15, 0.2) is 0 Å². The molecule has 0 unspecified atom stereocenters. The average molecular weight is 241 g/mol. The number of piperidine rings is 1. The van der Waals surface area contributed by atoms with Crippen LogP contribution in [-0.4, -0.2) is 39.8 Å². The Hall–Kier alpha value is -1.26. The average Bonchev–Trinajstić information content (AvgIpc) is 2.72. The van der Waals surface area contributed by atoms with Crippen LogP contribution >= 0.6 is 0 Å². The number of carboxylic acids is 1. The second-order valence-electron chi connectivity index (χ2n) is 6.04. The number of rotatable bonds is 1. The number of nitrogens with zero attached hydrogens (tertiary/aromatic N) is 1. The SMILES string of the molecule is CC(C)(C)OC(=O)N1C[C@@H]2CC[C@@]1(C(=O)O)C2. The predicted octanol–water partition coefficient (Wildman–Crippen LogP) is 1.86. The highest BCUT2D eigenvalue weighted by Crippen LogP contribution is 2.47. The smallest absolute Gasteiger partial charge is 0.411 e. The molecule has 1 N–H and O–H groups in total. The van der Waals surface area contributed by atoms with Crippen molar-refractivity contribution in [1.29, 1.82) is 0 Å². The largest absolute Gasteiger partial charge is 0.479 e. The summed E-state index contributed by atoms with van der Waals surface area (Å²) in [6, 6.07) is 0. The topological polar surface area (TPSA) is 66.8 Å². The van der Waals surface area contributed by atoms with Crippen molar-refractivity contribution in [2.24, 2.45) is 5.92 Å². The summed E-state index contributed by atoms with van der Waals surface area (Å²) in [7, 11) is 0. The Kier molecular flexibility index (Phi) is 2.60. The van der Waals surface area contributed by atoms with Crippen molar-refractivity contribution in [2.75, 3.05) is 6.54 Å². The third kappa shape index (κ3) is 1.98. The van der Waals surface area contributed by atoms with Gasteiger partial charge in [-0.2, -0.15) is 0 Å². The van der Waals surface area contributed by atoms with Crippen LogP contribution < -0.4 is 0 Å². The molecule has 1 aliphatic heterocycles. The number of fused-ring (bicyclic) bond motifs is 2. The normalized spacial score (nSPS) is 31.7. The lowest BCUT2D eigenvalue weighted by molar-refractivity contribution is -0.149. The van der Waals surface area contributed by atoms with E-state index in [1.807, 2.05) is 0 Å². The molecule has 96 valence electrons. The molecular formula is C12H19NO4. The maximum atomic E-state index is 12.0. The van der Waals surface area contributed by atoms with Gasteiger partial charge in [0.05, 0.1) is 0 Å². The van der Waals surface area contributed by atoms with Crippen molar-refractivity contribution >= 4 is 12.1 Å². The second-order valence-corrected chi connectivity index (χ2v) is 6.04. The van der Waals surface area contributed by atoms with E-state index >= 15 is 0 Å². The summed E-state index contributed by atoms with van der Waals surface area (Å²) in [6.07, 6.45) is 1.52. The van der Waals surface area contributed by atoms with Crippen molar-refractivity contribution in [1.82, 2.24) is 4.90 Å². The summed E-state index contributed by atoms with van der Waals surface area (Å²) in [6.45, 7) is 5.87. The van der Waals surface area contributed by atoms with Crippen LogP contribution in [0.15, 0.2) is 0 Å². The van der Waals surface area contributed by atoms with E-state index in [1.165, 1.54) is 4.90 Å². The molecule has 0 radical (unpaired) electrons. The van der Waals surface area contributed by atoms with E-state index in [9.17, 15) is 14.7 Å². The van der Waals surface area contributed by atoms with Gasteiger partial charge >= 0.3 is 12.1 Å². The van der Waals surface area contributed by atoms with E-state index < -0.39 is 23.2 Å². The summed E-state index contributed by atoms with van der Waals surface area (Å²) < 4.78 is 5.27. The van der Waals surface area contributed by atoms with Gasteiger partial charge in [0.25, 0.3) is 0 Å². The van der Waals surface area contributed by atoms with Gasteiger partial charge in [-0.3, -0.25) is 4.90 Å². The standard InChI is InChI=1S/C12H19NO4/c1-11(2,3)17-10(16)13-7-8-4-5-12(13,6-8)9(14)15/h8H,4-7H2,1-3H3,(H,14,15)/t8-,12+/m1/s1. The molecule has 5 heteroatoms. The highest BCUT2D eigenvalue weighted by atomic mass is 16.6. The molecule has 17 heavy (non-hydrogen) atoms. The minimum absolute atomic E-state index is 0.318. The Morgan fingerprint density at radius 1 is 1.41 bits per heavy atom. The minimum atomic E-state index is -1.01. The molecule has 1 saturated heterocycles. The van der Waals surface area contributed by atoms with Gasteiger partial charge in [0.1, 0.15) is 11.1 Å². The van der Waals surface area contributed by atoms with Gasteiger partial charge in [-0.25, -0.2) is 9.59 Å². The van der Waals surface area contributed by atoms with Crippen LogP contribution in [0.25, 0.3) is 0 Å². The maximum Gasteiger partial charge on any atom is 0.411 e. The van der Waals surface area contributed by atoms with Gasteiger partial charge in [0.2, 0.25) is 0 Å². The fourth-order valence-electron chi connectivity index (χ4n) is 2.83. The van der Waals surface area contributed by atoms with Crippen LogP contribution in [0.1, 0.15) is 40.0 Å². The fourth-order valence-corrected chi connectivity index (χ4v) is 2.83. The molecule has 0 aromatic heterocycles. The molecule has 2 rings (SSSR count). The van der Waals surface area contributed by atoms with E-state index in [1.54, 1.807) is 20.8 Å². The Balaban J connectivity index is 2.17. The molecule has 2 fully saturated rings. The molecule has 0 aromatic carbocycles. The number of carbonyl (C=O) groups is 2. The number of ether oxygens (including phenoxy) is 1. The van der Waals surface area contributed by atoms with Crippen LogP contribution in [0.5, 0.6) is 0 Å². The summed E-state index contributed by atoms with van der Waals surface area (Å²) in [5.41, 5.74) is -1.59. The third-order valence-corrected chi connectivity index (χ3v) is 3.56. The predicted molar refractivity (Wildman–Crippen MR) is 60.6 cm³/mol. The number of carboxylic acid groups (broad SMARTS) is 1. The monoisotopic (exact) mass is 241 g/mol. The van der Waals surface area contributed by atoms with Gasteiger partial charge in [0, 0.05) is 6.54 Å². The summed E-state index contributed by atoms with van der Waals surface area (Å²) in [5.74, 6) is -0.582. The lowest BCUT2D eigenvalue weighted by atomic mass is 9.98. The van der Waals surface area contributed by atoms with Gasteiger partial charge < -0.3 is 9.84 Å². The molecule has 0 aromatic rings. The first-order chi connectivity index (χ1) is 7.74. The zero-order valence-electron chi connectivity index (χ0n) is 10.5. The zero-order valence-corrected chi connectivity index (χ0v) is 10.5. The number of amides is 1. The summed E-state index contributed by atoms with van der Waals surface area (Å²) >= 11 is 0. The van der Waals surface area contributed by atoms with Crippen LogP contribution in [-0.2, 0) is 9.53 Å². The zero-order chi connectivity index (χ0) is 12.8. The van der Waals surface area contributed by atoms with Crippen LogP contribution in [0.4, 0.5) is 4.79 Å². The van der Waals surface area contributed by atoms with E-state index in [2.05, 4.69) is 0 Å². The first-order valence-corrected chi connectivity index (χ1v) is 5.99. The number of carbonyl (C=O) groups excluding carboxylic acids is 1. The highest BCUT2D eigenvalue weighted by Gasteiger charge is 2.58. The van der Waals surface area contributed by atoms with E-state index in [4.69, 9.17) is 4.74 Å². The third-order valence-electron chi connectivity index (χ3n) is 3.56. The van der Waals surface area contributed by atoms with Crippen LogP contribution in [0.3, 0.4) is 0 Å². The van der Waals surface area contributed by atoms with Gasteiger partial charge in [-0.05, 0) is 46.0 Å². The van der Waals surface area contributed by atoms with Crippen molar-refractivity contribution in [2.45, 2.75) is 51.2 Å². The molecule has 5 nitrogen and oxygen atoms in total. The Bertz CT molecular complexity index is 360. The molecule has 0 spiro atoms.